The molecule has 1 aromatic heterocycles. The fourth-order valence-electron chi connectivity index (χ4n) is 5.37. The summed E-state index contributed by atoms with van der Waals surface area (Å²) in [7, 11) is 0. The molecule has 1 atom stereocenters. The van der Waals surface area contributed by atoms with Gasteiger partial charge in [-0.2, -0.15) is 0 Å². The van der Waals surface area contributed by atoms with Gasteiger partial charge in [0.1, 0.15) is 11.0 Å². The molecule has 1 aliphatic rings. The maximum Gasteiger partial charge on any atom is 0.232 e. The number of rotatable bonds is 7. The monoisotopic (exact) mass is 504 g/mol. The minimum atomic E-state index is -0.826. The van der Waals surface area contributed by atoms with E-state index in [1.54, 1.807) is 6.26 Å². The zero-order valence-electron chi connectivity index (χ0n) is 18.5. The quantitative estimate of drug-likeness (QED) is 0.369. The number of halogens is 1. The summed E-state index contributed by atoms with van der Waals surface area (Å²) in [6.07, 6.45) is 3.64. The molecule has 0 saturated carbocycles. The van der Waals surface area contributed by atoms with Crippen LogP contribution in [0.1, 0.15) is 23.1 Å². The smallest absolute Gasteiger partial charge is 0.232 e. The van der Waals surface area contributed by atoms with E-state index in [1.807, 2.05) is 72.8 Å². The molecule has 2 N–H and O–H groups in total. The summed E-state index contributed by atoms with van der Waals surface area (Å²) in [6.45, 7) is 2.77. The first kappa shape index (κ1) is 23.3. The largest absolute Gasteiger partial charge is 0.464 e. The second kappa shape index (κ2) is 9.94. The Morgan fingerprint density at radius 3 is 2.27 bits per heavy atom. The molecule has 1 saturated heterocycles. The Morgan fingerprint density at radius 1 is 0.970 bits per heavy atom. The zero-order chi connectivity index (χ0) is 22.0. The van der Waals surface area contributed by atoms with Crippen LogP contribution in [0.15, 0.2) is 95.6 Å². The molecule has 4 nitrogen and oxygen atoms in total. The predicted octanol–water partition coefficient (Wildman–Crippen LogP) is 5.35. The molecule has 2 heterocycles. The van der Waals surface area contributed by atoms with E-state index in [0.29, 0.717) is 0 Å². The molecule has 1 amide bonds. The summed E-state index contributed by atoms with van der Waals surface area (Å²) in [4.78, 5) is 15.7. The van der Waals surface area contributed by atoms with Gasteiger partial charge in [0.2, 0.25) is 5.91 Å². The number of amides is 1. The van der Waals surface area contributed by atoms with Crippen LogP contribution in [-0.4, -0.2) is 30.4 Å². The van der Waals surface area contributed by atoms with Gasteiger partial charge in [0.05, 0.1) is 6.26 Å². The molecule has 1 unspecified atom stereocenters. The molecule has 1 fully saturated rings. The number of hydrogen-bond acceptors (Lipinski definition) is 3. The van der Waals surface area contributed by atoms with Crippen LogP contribution in [0.4, 0.5) is 0 Å². The maximum absolute atomic E-state index is 13.2. The van der Waals surface area contributed by atoms with Crippen LogP contribution in [0.25, 0.3) is 11.0 Å². The topological polar surface area (TPSA) is 59.5 Å². The SMILES string of the molecule is Br.NC(=O)C(c1ccccc1)(c1ccccc1)C1CCN(CCc2ccc3occc3c2)C1. The Balaban J connectivity index is 0.00000259. The molecule has 5 heteroatoms. The summed E-state index contributed by atoms with van der Waals surface area (Å²) in [5, 5.41) is 1.14. The molecule has 0 radical (unpaired) electrons. The number of furan rings is 1. The van der Waals surface area contributed by atoms with Crippen molar-refractivity contribution in [3.8, 4) is 0 Å². The Hall–Kier alpha value is -2.89. The van der Waals surface area contributed by atoms with Crippen LogP contribution < -0.4 is 5.73 Å². The highest BCUT2D eigenvalue weighted by molar-refractivity contribution is 8.93. The highest BCUT2D eigenvalue weighted by Crippen LogP contribution is 2.43. The number of fused-ring (bicyclic) bond motifs is 1. The van der Waals surface area contributed by atoms with E-state index in [2.05, 4.69) is 17.0 Å². The Labute approximate surface area is 205 Å². The van der Waals surface area contributed by atoms with Crippen molar-refractivity contribution in [2.45, 2.75) is 18.3 Å². The summed E-state index contributed by atoms with van der Waals surface area (Å²) < 4.78 is 5.45. The van der Waals surface area contributed by atoms with Crippen LogP contribution in [-0.2, 0) is 16.6 Å². The molecule has 3 aromatic carbocycles. The minimum Gasteiger partial charge on any atom is -0.464 e. The predicted molar refractivity (Wildman–Crippen MR) is 138 cm³/mol. The van der Waals surface area contributed by atoms with E-state index in [-0.39, 0.29) is 28.8 Å². The van der Waals surface area contributed by atoms with Crippen LogP contribution in [0.5, 0.6) is 0 Å². The van der Waals surface area contributed by atoms with Crippen molar-refractivity contribution in [1.82, 2.24) is 4.90 Å². The van der Waals surface area contributed by atoms with Crippen LogP contribution in [0.2, 0.25) is 0 Å². The number of benzene rings is 3. The molecular weight excluding hydrogens is 476 g/mol. The average Bonchev–Trinajstić information content (AvgIpc) is 3.49. The van der Waals surface area contributed by atoms with E-state index < -0.39 is 5.41 Å². The molecule has 33 heavy (non-hydrogen) atoms. The lowest BCUT2D eigenvalue weighted by Crippen LogP contribution is -2.49. The first-order valence-electron chi connectivity index (χ1n) is 11.3. The van der Waals surface area contributed by atoms with Gasteiger partial charge < -0.3 is 15.1 Å². The van der Waals surface area contributed by atoms with Gasteiger partial charge in [-0.1, -0.05) is 66.7 Å². The van der Waals surface area contributed by atoms with Crippen molar-refractivity contribution in [1.29, 1.82) is 0 Å². The van der Waals surface area contributed by atoms with E-state index in [1.165, 1.54) is 5.56 Å². The fourth-order valence-corrected chi connectivity index (χ4v) is 5.37. The number of likely N-dealkylation sites (tertiary alicyclic amines) is 1. The number of carbonyl (C=O) groups is 1. The van der Waals surface area contributed by atoms with Crippen molar-refractivity contribution >= 4 is 33.9 Å². The van der Waals surface area contributed by atoms with Gasteiger partial charge in [-0.25, -0.2) is 0 Å². The second-order valence-corrected chi connectivity index (χ2v) is 8.73. The van der Waals surface area contributed by atoms with Crippen LogP contribution in [0, 0.1) is 5.92 Å². The second-order valence-electron chi connectivity index (χ2n) is 8.73. The van der Waals surface area contributed by atoms with Gasteiger partial charge in [0, 0.05) is 18.5 Å². The summed E-state index contributed by atoms with van der Waals surface area (Å²) in [5.41, 5.74) is 9.56. The number of nitrogens with two attached hydrogens (primary N) is 1. The normalized spacial score (nSPS) is 16.5. The highest BCUT2D eigenvalue weighted by Gasteiger charge is 2.49. The third-order valence-electron chi connectivity index (χ3n) is 6.97. The van der Waals surface area contributed by atoms with Gasteiger partial charge in [-0.15, -0.1) is 17.0 Å². The summed E-state index contributed by atoms with van der Waals surface area (Å²) >= 11 is 0. The van der Waals surface area contributed by atoms with Crippen molar-refractivity contribution < 1.29 is 9.21 Å². The molecule has 4 aromatic rings. The lowest BCUT2D eigenvalue weighted by molar-refractivity contribution is -0.123. The van der Waals surface area contributed by atoms with Crippen LogP contribution >= 0.6 is 17.0 Å². The lowest BCUT2D eigenvalue weighted by Gasteiger charge is -2.37. The van der Waals surface area contributed by atoms with Gasteiger partial charge in [-0.05, 0) is 60.2 Å². The summed E-state index contributed by atoms with van der Waals surface area (Å²) in [5.74, 6) is -0.145. The van der Waals surface area contributed by atoms with Gasteiger partial charge in [-0.3, -0.25) is 4.79 Å². The van der Waals surface area contributed by atoms with Gasteiger partial charge in [0.25, 0.3) is 0 Å². The number of nitrogens with zero attached hydrogens (tertiary/aromatic N) is 1. The van der Waals surface area contributed by atoms with E-state index in [4.69, 9.17) is 10.2 Å². The van der Waals surface area contributed by atoms with Crippen LogP contribution in [0.3, 0.4) is 0 Å². The number of hydrogen-bond donors (Lipinski definition) is 1. The Kier molecular flexibility index (Phi) is 7.01. The van der Waals surface area contributed by atoms with Crippen molar-refractivity contribution in [2.75, 3.05) is 19.6 Å². The molecule has 1 aliphatic heterocycles. The zero-order valence-corrected chi connectivity index (χ0v) is 20.2. The average molecular weight is 505 g/mol. The standard InChI is InChI=1S/C28H28N2O2.BrH/c29-27(31)28(23-7-3-1-4-8-23,24-9-5-2-6-10-24)25-14-17-30(20-25)16-13-21-11-12-26-22(19-21)15-18-32-26;/h1-12,15,18-19,25H,13-14,16-17,20H2,(H2,29,31);1H. The number of primary amides is 1. The maximum atomic E-state index is 13.2. The van der Waals surface area contributed by atoms with Crippen molar-refractivity contribution in [2.24, 2.45) is 11.7 Å². The molecule has 0 bridgehead atoms. The third kappa shape index (κ3) is 4.35. The Bertz CT molecular complexity index is 1170. The molecule has 170 valence electrons. The molecular formula is C28H29BrN2O2. The third-order valence-corrected chi connectivity index (χ3v) is 6.97. The molecule has 0 aliphatic carbocycles. The number of carbonyl (C=O) groups excluding carboxylic acids is 1. The van der Waals surface area contributed by atoms with E-state index in [9.17, 15) is 4.79 Å². The van der Waals surface area contributed by atoms with E-state index in [0.717, 1.165) is 54.6 Å². The molecule has 5 rings (SSSR count). The Morgan fingerprint density at radius 2 is 1.64 bits per heavy atom. The highest BCUT2D eigenvalue weighted by atomic mass is 79.9. The first-order chi connectivity index (χ1) is 15.7. The minimum absolute atomic E-state index is 0. The van der Waals surface area contributed by atoms with Gasteiger partial charge in [0.15, 0.2) is 0 Å². The summed E-state index contributed by atoms with van der Waals surface area (Å²) in [6, 6.07) is 28.5. The molecule has 0 spiro atoms. The fraction of sp³-hybridized carbons (Fsp3) is 0.250. The van der Waals surface area contributed by atoms with E-state index >= 15 is 0 Å². The van der Waals surface area contributed by atoms with Crippen molar-refractivity contribution in [3.63, 3.8) is 0 Å². The van der Waals surface area contributed by atoms with Crippen molar-refractivity contribution in [3.05, 3.63) is 108 Å². The first-order valence-corrected chi connectivity index (χ1v) is 11.3. The van der Waals surface area contributed by atoms with Gasteiger partial charge >= 0.3 is 0 Å². The lowest BCUT2D eigenvalue weighted by atomic mass is 9.64.